The van der Waals surface area contributed by atoms with E-state index in [0.29, 0.717) is 12.1 Å². The van der Waals surface area contributed by atoms with E-state index in [1.165, 1.54) is 0 Å². The normalized spacial score (nSPS) is 11.8. The Morgan fingerprint density at radius 2 is 0.750 bits per heavy atom. The third-order valence-corrected chi connectivity index (χ3v) is 3.42. The first-order valence-corrected chi connectivity index (χ1v) is 6.33. The van der Waals surface area contributed by atoms with E-state index in [0.717, 1.165) is 0 Å². The number of fused-ring (bicyclic) bond motifs is 6. The van der Waals surface area contributed by atoms with Crippen LogP contribution in [0.4, 0.5) is 26.3 Å². The van der Waals surface area contributed by atoms with Crippen molar-refractivity contribution < 1.29 is 26.3 Å². The first-order valence-electron chi connectivity index (χ1n) is 6.33. The van der Waals surface area contributed by atoms with Crippen LogP contribution in [-0.2, 0) is 0 Å². The average Bonchev–Trinajstić information content (AvgIpc) is 2.53. The highest BCUT2D eigenvalue weighted by Gasteiger charge is 2.21. The van der Waals surface area contributed by atoms with Crippen molar-refractivity contribution in [1.82, 2.24) is 19.9 Å². The molecule has 0 saturated carbocycles. The maximum Gasteiger partial charge on any atom is 0.269 e. The summed E-state index contributed by atoms with van der Waals surface area (Å²) >= 11 is 0. The van der Waals surface area contributed by atoms with Crippen molar-refractivity contribution in [1.29, 1.82) is 0 Å². The lowest BCUT2D eigenvalue weighted by Gasteiger charge is -2.08. The summed E-state index contributed by atoms with van der Waals surface area (Å²) in [5, 5.41) is -0.411. The highest BCUT2D eigenvalue weighted by atomic mass is 19.2. The molecule has 0 fully saturated rings. The molecule has 0 aliphatic rings. The molecule has 0 aliphatic carbocycles. The van der Waals surface area contributed by atoms with E-state index in [1.54, 1.807) is 0 Å². The van der Waals surface area contributed by atoms with Crippen LogP contribution in [-0.4, -0.2) is 19.9 Å². The molecule has 0 spiro atoms. The number of benzene rings is 2. The zero-order valence-electron chi connectivity index (χ0n) is 11.2. The third-order valence-electron chi connectivity index (χ3n) is 3.42. The minimum absolute atomic E-state index is 0.205. The van der Waals surface area contributed by atoms with E-state index in [1.807, 2.05) is 0 Å². The summed E-state index contributed by atoms with van der Waals surface area (Å²) in [6, 6.07) is 1.31. The van der Waals surface area contributed by atoms with Gasteiger partial charge in [-0.05, 0) is 12.1 Å². The van der Waals surface area contributed by atoms with E-state index in [9.17, 15) is 26.3 Å². The second kappa shape index (κ2) is 4.73. The van der Waals surface area contributed by atoms with Gasteiger partial charge in [-0.1, -0.05) is 0 Å². The van der Waals surface area contributed by atoms with Gasteiger partial charge in [0, 0.05) is 10.8 Å². The second-order valence-corrected chi connectivity index (χ2v) is 4.82. The van der Waals surface area contributed by atoms with Crippen LogP contribution in [0.3, 0.4) is 0 Å². The summed E-state index contributed by atoms with van der Waals surface area (Å²) in [5.74, 6) is -9.02. The lowest BCUT2D eigenvalue weighted by atomic mass is 10.1. The Balaban J connectivity index is 2.40. The standard InChI is InChI=1S/C14H2F6N4/c15-5-1-3-4(2-6(5)16)8-10(24-14(20)12(18)22-8)9-7(3)21-11(17)13(19)23-9/h1-2H. The number of hydrogen-bond donors (Lipinski definition) is 0. The fourth-order valence-corrected chi connectivity index (χ4v) is 2.43. The maximum atomic E-state index is 13.5. The van der Waals surface area contributed by atoms with Crippen molar-refractivity contribution in [3.63, 3.8) is 0 Å². The van der Waals surface area contributed by atoms with Crippen molar-refractivity contribution >= 4 is 32.8 Å². The van der Waals surface area contributed by atoms with E-state index in [4.69, 9.17) is 0 Å². The third kappa shape index (κ3) is 1.88. The summed E-state index contributed by atoms with van der Waals surface area (Å²) < 4.78 is 80.7. The van der Waals surface area contributed by atoms with Crippen LogP contribution in [0.1, 0.15) is 0 Å². The molecular formula is C14H2F6N4. The minimum Gasteiger partial charge on any atom is -0.213 e. The summed E-state index contributed by atoms with van der Waals surface area (Å²) in [5.41, 5.74) is -1.71. The molecule has 0 radical (unpaired) electrons. The Bertz CT molecular complexity index is 910. The first kappa shape index (κ1) is 14.5. The molecule has 0 atom stereocenters. The monoisotopic (exact) mass is 340 g/mol. The molecular weight excluding hydrogens is 338 g/mol. The molecule has 120 valence electrons. The molecule has 24 heavy (non-hydrogen) atoms. The lowest BCUT2D eigenvalue weighted by Crippen LogP contribution is -2.03. The fraction of sp³-hybridized carbons (Fsp3) is 0. The first-order chi connectivity index (χ1) is 11.4. The van der Waals surface area contributed by atoms with Gasteiger partial charge in [0.1, 0.15) is 22.1 Å². The number of hydrogen-bond acceptors (Lipinski definition) is 4. The van der Waals surface area contributed by atoms with Crippen molar-refractivity contribution in [3.8, 4) is 0 Å². The molecule has 0 aliphatic heterocycles. The number of halogens is 6. The smallest absolute Gasteiger partial charge is 0.213 e. The maximum absolute atomic E-state index is 13.5. The van der Waals surface area contributed by atoms with Crippen LogP contribution in [0.2, 0.25) is 0 Å². The summed E-state index contributed by atoms with van der Waals surface area (Å²) in [6.07, 6.45) is 0. The molecule has 0 bridgehead atoms. The Morgan fingerprint density at radius 3 is 1.08 bits per heavy atom. The van der Waals surface area contributed by atoms with Crippen LogP contribution in [0.15, 0.2) is 12.1 Å². The van der Waals surface area contributed by atoms with Crippen LogP contribution in [0.5, 0.6) is 0 Å². The van der Waals surface area contributed by atoms with E-state index in [2.05, 4.69) is 19.9 Å². The van der Waals surface area contributed by atoms with E-state index < -0.39 is 57.5 Å². The predicted octanol–water partition coefficient (Wildman–Crippen LogP) is 3.56. The van der Waals surface area contributed by atoms with Crippen molar-refractivity contribution in [2.24, 2.45) is 0 Å². The van der Waals surface area contributed by atoms with E-state index >= 15 is 0 Å². The molecule has 0 saturated heterocycles. The zero-order valence-corrected chi connectivity index (χ0v) is 11.2. The molecule has 2 heterocycles. The van der Waals surface area contributed by atoms with E-state index in [-0.39, 0.29) is 10.8 Å². The molecule has 0 N–H and O–H groups in total. The van der Waals surface area contributed by atoms with Gasteiger partial charge in [-0.2, -0.15) is 17.6 Å². The van der Waals surface area contributed by atoms with Gasteiger partial charge in [-0.15, -0.1) is 0 Å². The fourth-order valence-electron chi connectivity index (χ4n) is 2.43. The SMILES string of the molecule is Fc1cc2c(cc1F)c1nc(F)c(F)nc1c1nc(F)c(F)nc21. The predicted molar refractivity (Wildman–Crippen MR) is 69.9 cm³/mol. The quantitative estimate of drug-likeness (QED) is 0.363. The van der Waals surface area contributed by atoms with Gasteiger partial charge in [0.25, 0.3) is 23.8 Å². The highest BCUT2D eigenvalue weighted by molar-refractivity contribution is 6.20. The highest BCUT2D eigenvalue weighted by Crippen LogP contribution is 2.33. The molecule has 10 heteroatoms. The molecule has 4 aromatic rings. The van der Waals surface area contributed by atoms with Gasteiger partial charge in [0.05, 0.1) is 0 Å². The van der Waals surface area contributed by atoms with Crippen molar-refractivity contribution in [3.05, 3.63) is 47.6 Å². The summed E-state index contributed by atoms with van der Waals surface area (Å²) in [4.78, 5) is 13.1. The van der Waals surface area contributed by atoms with Crippen LogP contribution < -0.4 is 0 Å². The van der Waals surface area contributed by atoms with Gasteiger partial charge in [0.2, 0.25) is 0 Å². The van der Waals surface area contributed by atoms with Crippen LogP contribution >= 0.6 is 0 Å². The Morgan fingerprint density at radius 1 is 0.458 bits per heavy atom. The number of aromatic nitrogens is 4. The largest absolute Gasteiger partial charge is 0.269 e. The minimum atomic E-state index is -1.61. The summed E-state index contributed by atoms with van der Waals surface area (Å²) in [7, 11) is 0. The Labute approximate surface area is 127 Å². The van der Waals surface area contributed by atoms with Gasteiger partial charge in [-0.3, -0.25) is 0 Å². The van der Waals surface area contributed by atoms with Crippen LogP contribution in [0, 0.1) is 35.4 Å². The Hall–Kier alpha value is -3.04. The van der Waals surface area contributed by atoms with Crippen molar-refractivity contribution in [2.45, 2.75) is 0 Å². The number of rotatable bonds is 0. The lowest BCUT2D eigenvalue weighted by molar-refractivity contribution is 0.457. The molecule has 0 amide bonds. The average molecular weight is 340 g/mol. The van der Waals surface area contributed by atoms with Gasteiger partial charge in [-0.25, -0.2) is 28.7 Å². The van der Waals surface area contributed by atoms with Crippen molar-refractivity contribution in [2.75, 3.05) is 0 Å². The van der Waals surface area contributed by atoms with Gasteiger partial charge in [0.15, 0.2) is 11.6 Å². The summed E-state index contributed by atoms with van der Waals surface area (Å²) in [6.45, 7) is 0. The van der Waals surface area contributed by atoms with Gasteiger partial charge < -0.3 is 0 Å². The zero-order chi connectivity index (χ0) is 17.2. The Kier molecular flexibility index (Phi) is 2.87. The molecule has 4 nitrogen and oxygen atoms in total. The molecule has 0 unspecified atom stereocenters. The topological polar surface area (TPSA) is 51.6 Å². The number of nitrogens with zero attached hydrogens (tertiary/aromatic N) is 4. The molecule has 2 aromatic heterocycles. The molecule has 2 aromatic carbocycles. The van der Waals surface area contributed by atoms with Gasteiger partial charge >= 0.3 is 0 Å². The second-order valence-electron chi connectivity index (χ2n) is 4.82. The molecule has 4 rings (SSSR count). The van der Waals surface area contributed by atoms with Crippen LogP contribution in [0.25, 0.3) is 32.8 Å².